The van der Waals surface area contributed by atoms with Gasteiger partial charge in [0, 0.05) is 24.0 Å². The van der Waals surface area contributed by atoms with Crippen molar-refractivity contribution in [1.82, 2.24) is 0 Å². The minimum atomic E-state index is -0.579. The van der Waals surface area contributed by atoms with Crippen molar-refractivity contribution >= 4 is 17.1 Å². The van der Waals surface area contributed by atoms with Crippen LogP contribution in [0.1, 0.15) is 11.1 Å². The molecule has 2 aromatic rings. The Kier molecular flexibility index (Phi) is 3.03. The summed E-state index contributed by atoms with van der Waals surface area (Å²) in [6, 6.07) is 10.8. The Bertz CT molecular complexity index is 783. The lowest BCUT2D eigenvalue weighted by atomic mass is 10.1. The van der Waals surface area contributed by atoms with Gasteiger partial charge in [-0.05, 0) is 36.2 Å². The highest BCUT2D eigenvalue weighted by atomic mass is 19.1. The molecule has 21 heavy (non-hydrogen) atoms. The van der Waals surface area contributed by atoms with E-state index in [-0.39, 0.29) is 17.1 Å². The van der Waals surface area contributed by atoms with Crippen LogP contribution in [-0.4, -0.2) is 11.5 Å². The van der Waals surface area contributed by atoms with Crippen molar-refractivity contribution in [3.05, 3.63) is 63.5 Å². The summed E-state index contributed by atoms with van der Waals surface area (Å²) in [4.78, 5) is 12.3. The van der Waals surface area contributed by atoms with Gasteiger partial charge in [0.05, 0.1) is 4.92 Å². The zero-order valence-electron chi connectivity index (χ0n) is 10.9. The fourth-order valence-corrected chi connectivity index (χ4v) is 2.55. The molecule has 0 aromatic heterocycles. The Morgan fingerprint density at radius 1 is 1.29 bits per heavy atom. The van der Waals surface area contributed by atoms with Gasteiger partial charge in [0.25, 0.3) is 5.69 Å². The molecule has 0 saturated heterocycles. The summed E-state index contributed by atoms with van der Waals surface area (Å²) in [5, 5.41) is 19.9. The molecule has 1 aliphatic rings. The van der Waals surface area contributed by atoms with Gasteiger partial charge in [-0.1, -0.05) is 6.07 Å². The molecule has 1 aliphatic heterocycles. The van der Waals surface area contributed by atoms with Crippen molar-refractivity contribution in [3.8, 4) is 6.07 Å². The molecule has 3 rings (SSSR count). The molecular weight excluding hydrogens is 273 g/mol. The number of halogens is 1. The number of benzene rings is 2. The molecule has 5 nitrogen and oxygen atoms in total. The predicted octanol–water partition coefficient (Wildman–Crippen LogP) is 3.30. The molecule has 0 fully saturated rings. The highest BCUT2D eigenvalue weighted by molar-refractivity contribution is 5.72. The van der Waals surface area contributed by atoms with Crippen LogP contribution in [0.4, 0.5) is 21.5 Å². The van der Waals surface area contributed by atoms with Gasteiger partial charge in [-0.3, -0.25) is 10.1 Å². The van der Waals surface area contributed by atoms with E-state index in [1.165, 1.54) is 24.3 Å². The molecule has 0 saturated carbocycles. The van der Waals surface area contributed by atoms with E-state index < -0.39 is 4.92 Å². The number of nitro benzene ring substituents is 1. The second-order valence-corrected chi connectivity index (χ2v) is 4.75. The largest absolute Gasteiger partial charge is 0.341 e. The Morgan fingerprint density at radius 3 is 2.81 bits per heavy atom. The monoisotopic (exact) mass is 283 g/mol. The minimum absolute atomic E-state index is 0.0161. The third-order valence-electron chi connectivity index (χ3n) is 3.55. The van der Waals surface area contributed by atoms with E-state index in [0.29, 0.717) is 17.9 Å². The topological polar surface area (TPSA) is 70.2 Å². The molecule has 6 heteroatoms. The first kappa shape index (κ1) is 13.1. The number of hydrogen-bond acceptors (Lipinski definition) is 4. The number of rotatable bonds is 2. The molecule has 2 aromatic carbocycles. The Labute approximate surface area is 120 Å². The van der Waals surface area contributed by atoms with Gasteiger partial charge in [-0.25, -0.2) is 4.39 Å². The first-order valence-electron chi connectivity index (χ1n) is 6.34. The summed E-state index contributed by atoms with van der Waals surface area (Å²) in [7, 11) is 0. The van der Waals surface area contributed by atoms with E-state index in [9.17, 15) is 14.5 Å². The second kappa shape index (κ2) is 4.87. The highest BCUT2D eigenvalue weighted by Gasteiger charge is 2.23. The number of anilines is 2. The van der Waals surface area contributed by atoms with E-state index >= 15 is 0 Å². The molecule has 0 bridgehead atoms. The van der Waals surface area contributed by atoms with Crippen LogP contribution in [0.2, 0.25) is 0 Å². The quantitative estimate of drug-likeness (QED) is 0.626. The van der Waals surface area contributed by atoms with Crippen molar-refractivity contribution in [2.45, 2.75) is 6.42 Å². The lowest BCUT2D eigenvalue weighted by molar-refractivity contribution is -0.385. The van der Waals surface area contributed by atoms with Crippen molar-refractivity contribution in [2.75, 3.05) is 11.4 Å². The number of hydrogen-bond donors (Lipinski definition) is 0. The third kappa shape index (κ3) is 2.19. The molecule has 0 amide bonds. The Balaban J connectivity index is 2.08. The van der Waals surface area contributed by atoms with Crippen LogP contribution in [0.5, 0.6) is 0 Å². The van der Waals surface area contributed by atoms with E-state index in [0.717, 1.165) is 12.0 Å². The minimum Gasteiger partial charge on any atom is -0.341 e. The third-order valence-corrected chi connectivity index (χ3v) is 3.55. The number of fused-ring (bicyclic) bond motifs is 1. The molecule has 0 N–H and O–H groups in total. The van der Waals surface area contributed by atoms with Gasteiger partial charge in [-0.2, -0.15) is 5.26 Å². The number of nitriles is 1. The number of nitro groups is 1. The van der Waals surface area contributed by atoms with Crippen LogP contribution in [0.15, 0.2) is 36.4 Å². The lowest BCUT2D eigenvalue weighted by Crippen LogP contribution is -2.13. The van der Waals surface area contributed by atoms with Gasteiger partial charge in [0.15, 0.2) is 0 Å². The normalized spacial score (nSPS) is 12.9. The summed E-state index contributed by atoms with van der Waals surface area (Å²) in [6.07, 6.45) is 0.753. The van der Waals surface area contributed by atoms with Crippen LogP contribution in [0.3, 0.4) is 0 Å². The van der Waals surface area contributed by atoms with E-state index in [2.05, 4.69) is 0 Å². The highest BCUT2D eigenvalue weighted by Crippen LogP contribution is 2.36. The fraction of sp³-hybridized carbons (Fsp3) is 0.133. The van der Waals surface area contributed by atoms with Gasteiger partial charge >= 0.3 is 0 Å². The number of nitrogens with zero attached hydrogens (tertiary/aromatic N) is 3. The molecule has 0 atom stereocenters. The fourth-order valence-electron chi connectivity index (χ4n) is 2.55. The van der Waals surface area contributed by atoms with Crippen LogP contribution in [0.25, 0.3) is 0 Å². The summed E-state index contributed by atoms with van der Waals surface area (Å²) >= 11 is 0. The van der Waals surface area contributed by atoms with Crippen LogP contribution in [-0.2, 0) is 6.42 Å². The van der Waals surface area contributed by atoms with Gasteiger partial charge < -0.3 is 4.90 Å². The summed E-state index contributed by atoms with van der Waals surface area (Å²) in [5.41, 5.74) is 2.09. The predicted molar refractivity (Wildman–Crippen MR) is 74.9 cm³/mol. The second-order valence-electron chi connectivity index (χ2n) is 4.75. The van der Waals surface area contributed by atoms with Crippen molar-refractivity contribution < 1.29 is 9.31 Å². The molecule has 0 radical (unpaired) electrons. The average Bonchev–Trinajstić information content (AvgIpc) is 2.89. The Hall–Kier alpha value is -2.94. The zero-order chi connectivity index (χ0) is 15.0. The maximum atomic E-state index is 13.4. The van der Waals surface area contributed by atoms with E-state index in [1.54, 1.807) is 18.2 Å². The van der Waals surface area contributed by atoms with Crippen molar-refractivity contribution in [2.24, 2.45) is 0 Å². The van der Waals surface area contributed by atoms with Gasteiger partial charge in [-0.15, -0.1) is 0 Å². The molecular formula is C15H10FN3O2. The maximum Gasteiger partial charge on any atom is 0.289 e. The summed E-state index contributed by atoms with van der Waals surface area (Å²) in [5.74, 6) is -0.344. The van der Waals surface area contributed by atoms with Crippen LogP contribution in [0, 0.1) is 27.3 Å². The van der Waals surface area contributed by atoms with Crippen molar-refractivity contribution in [1.29, 1.82) is 5.26 Å². The maximum absolute atomic E-state index is 13.4. The molecule has 0 aliphatic carbocycles. The molecule has 0 spiro atoms. The molecule has 0 unspecified atom stereocenters. The van der Waals surface area contributed by atoms with E-state index in [1.807, 2.05) is 4.90 Å². The van der Waals surface area contributed by atoms with Crippen molar-refractivity contribution in [3.63, 3.8) is 0 Å². The van der Waals surface area contributed by atoms with Gasteiger partial charge in [0.2, 0.25) is 0 Å². The average molecular weight is 283 g/mol. The summed E-state index contributed by atoms with van der Waals surface area (Å²) < 4.78 is 13.4. The van der Waals surface area contributed by atoms with Gasteiger partial charge in [0.1, 0.15) is 17.4 Å². The SMILES string of the molecule is N#Cc1ccc(N2CCc3ccc(F)cc32)cc1[N+](=O)[O-]. The van der Waals surface area contributed by atoms with E-state index in [4.69, 9.17) is 5.26 Å². The lowest BCUT2D eigenvalue weighted by Gasteiger charge is -2.19. The molecule has 104 valence electrons. The Morgan fingerprint density at radius 2 is 2.10 bits per heavy atom. The van der Waals surface area contributed by atoms with Crippen LogP contribution >= 0.6 is 0 Å². The zero-order valence-corrected chi connectivity index (χ0v) is 10.9. The first-order valence-corrected chi connectivity index (χ1v) is 6.34. The first-order chi connectivity index (χ1) is 10.1. The molecule has 1 heterocycles. The standard InChI is InChI=1S/C15H10FN3O2/c16-12-3-1-10-5-6-18(14(10)7-12)13-4-2-11(9-17)15(8-13)19(20)21/h1-4,7-8H,5-6H2. The summed E-state index contributed by atoms with van der Waals surface area (Å²) in [6.45, 7) is 0.627. The van der Waals surface area contributed by atoms with Crippen LogP contribution < -0.4 is 4.90 Å². The smallest absolute Gasteiger partial charge is 0.289 e.